The van der Waals surface area contributed by atoms with Gasteiger partial charge in [0, 0.05) is 17.5 Å². The van der Waals surface area contributed by atoms with Crippen LogP contribution >= 0.6 is 0 Å². The van der Waals surface area contributed by atoms with E-state index in [1.165, 1.54) is 33.4 Å². The molecule has 3 rings (SSSR count). The molecule has 0 bridgehead atoms. The fourth-order valence-corrected chi connectivity index (χ4v) is 3.61. The highest BCUT2D eigenvalue weighted by molar-refractivity contribution is 5.82. The van der Waals surface area contributed by atoms with E-state index in [1.807, 2.05) is 0 Å². The second-order valence-corrected chi connectivity index (χ2v) is 6.95. The van der Waals surface area contributed by atoms with Gasteiger partial charge in [-0.1, -0.05) is 45.9 Å². The molecule has 0 amide bonds. The van der Waals surface area contributed by atoms with Crippen LogP contribution in [-0.2, 0) is 6.42 Å². The molecule has 2 nitrogen and oxygen atoms in total. The molecule has 0 heterocycles. The van der Waals surface area contributed by atoms with E-state index in [1.54, 1.807) is 14.2 Å². The van der Waals surface area contributed by atoms with Crippen molar-refractivity contribution in [2.45, 2.75) is 46.0 Å². The van der Waals surface area contributed by atoms with Crippen molar-refractivity contribution in [2.24, 2.45) is 0 Å². The molecular weight excluding hydrogens is 284 g/mol. The van der Waals surface area contributed by atoms with E-state index in [2.05, 4.69) is 52.0 Å². The Morgan fingerprint density at radius 1 is 0.870 bits per heavy atom. The molecule has 0 N–H and O–H groups in total. The Morgan fingerprint density at radius 3 is 2.17 bits per heavy atom. The Hall–Kier alpha value is -1.96. The van der Waals surface area contributed by atoms with Crippen LogP contribution in [0.2, 0.25) is 0 Å². The Balaban J connectivity index is 2.26. The molecule has 1 aliphatic rings. The second kappa shape index (κ2) is 5.92. The molecule has 0 atom stereocenters. The molecule has 1 aliphatic carbocycles. The summed E-state index contributed by atoms with van der Waals surface area (Å²) in [6.45, 7) is 8.85. The summed E-state index contributed by atoms with van der Waals surface area (Å²) in [6, 6.07) is 9.05. The number of benzene rings is 2. The monoisotopic (exact) mass is 310 g/mol. The van der Waals surface area contributed by atoms with Crippen molar-refractivity contribution < 1.29 is 9.47 Å². The van der Waals surface area contributed by atoms with Gasteiger partial charge in [-0.3, -0.25) is 0 Å². The van der Waals surface area contributed by atoms with E-state index in [-0.39, 0.29) is 0 Å². The van der Waals surface area contributed by atoms with Crippen LogP contribution in [-0.4, -0.2) is 14.2 Å². The first-order valence-corrected chi connectivity index (χ1v) is 8.38. The molecule has 0 spiro atoms. The first-order chi connectivity index (χ1) is 11.0. The Kier molecular flexibility index (Phi) is 4.09. The minimum atomic E-state index is 0.361. The summed E-state index contributed by atoms with van der Waals surface area (Å²) < 4.78 is 11.5. The zero-order valence-electron chi connectivity index (χ0n) is 15.0. The maximum absolute atomic E-state index is 5.82. The van der Waals surface area contributed by atoms with Gasteiger partial charge in [0.15, 0.2) is 0 Å². The molecule has 0 radical (unpaired) electrons. The van der Waals surface area contributed by atoms with Crippen molar-refractivity contribution in [3.8, 4) is 22.6 Å². The van der Waals surface area contributed by atoms with Crippen molar-refractivity contribution in [2.75, 3.05) is 14.2 Å². The molecule has 23 heavy (non-hydrogen) atoms. The zero-order valence-corrected chi connectivity index (χ0v) is 15.0. The van der Waals surface area contributed by atoms with Gasteiger partial charge in [0.05, 0.1) is 14.2 Å². The number of ether oxygens (including phenoxy) is 2. The standard InChI is InChI=1S/C21H26O2/c1-12(2)14-7-8-15-10-18-17(16(15)9-14)11-19(22-5)20(13(3)4)21(18)23-6/h7-9,11-13H,10H2,1-6H3. The van der Waals surface area contributed by atoms with E-state index in [0.717, 1.165) is 17.9 Å². The molecule has 0 saturated carbocycles. The predicted octanol–water partition coefficient (Wildman–Crippen LogP) is 5.52. The highest BCUT2D eigenvalue weighted by Crippen LogP contribution is 2.49. The van der Waals surface area contributed by atoms with E-state index in [0.29, 0.717) is 11.8 Å². The van der Waals surface area contributed by atoms with Crippen LogP contribution in [0.4, 0.5) is 0 Å². The van der Waals surface area contributed by atoms with Gasteiger partial charge < -0.3 is 9.47 Å². The summed E-state index contributed by atoms with van der Waals surface area (Å²) in [6.07, 6.45) is 0.940. The van der Waals surface area contributed by atoms with Crippen LogP contribution in [0.5, 0.6) is 11.5 Å². The third-order valence-electron chi connectivity index (χ3n) is 4.84. The summed E-state index contributed by atoms with van der Waals surface area (Å²) in [7, 11) is 3.51. The normalized spacial score (nSPS) is 12.5. The Morgan fingerprint density at radius 2 is 1.61 bits per heavy atom. The Bertz CT molecular complexity index is 742. The molecule has 0 fully saturated rings. The summed E-state index contributed by atoms with van der Waals surface area (Å²) in [5.41, 5.74) is 7.82. The second-order valence-electron chi connectivity index (χ2n) is 6.95. The van der Waals surface area contributed by atoms with Crippen molar-refractivity contribution in [3.05, 3.63) is 46.5 Å². The largest absolute Gasteiger partial charge is 0.496 e. The highest BCUT2D eigenvalue weighted by atomic mass is 16.5. The number of fused-ring (bicyclic) bond motifs is 3. The van der Waals surface area contributed by atoms with E-state index in [9.17, 15) is 0 Å². The smallest absolute Gasteiger partial charge is 0.130 e. The summed E-state index contributed by atoms with van der Waals surface area (Å²) in [4.78, 5) is 0. The number of hydrogen-bond acceptors (Lipinski definition) is 2. The molecule has 122 valence electrons. The topological polar surface area (TPSA) is 18.5 Å². The van der Waals surface area contributed by atoms with Crippen LogP contribution in [0.15, 0.2) is 24.3 Å². The summed E-state index contributed by atoms with van der Waals surface area (Å²) >= 11 is 0. The van der Waals surface area contributed by atoms with E-state index in [4.69, 9.17) is 9.47 Å². The van der Waals surface area contributed by atoms with Gasteiger partial charge in [0.1, 0.15) is 11.5 Å². The first-order valence-electron chi connectivity index (χ1n) is 8.38. The predicted molar refractivity (Wildman–Crippen MR) is 96.0 cm³/mol. The fraction of sp³-hybridized carbons (Fsp3) is 0.429. The average Bonchev–Trinajstić information content (AvgIpc) is 2.90. The lowest BCUT2D eigenvalue weighted by Crippen LogP contribution is -2.02. The average molecular weight is 310 g/mol. The van der Waals surface area contributed by atoms with Crippen LogP contribution in [0.1, 0.15) is 61.8 Å². The molecule has 0 saturated heterocycles. The van der Waals surface area contributed by atoms with Crippen molar-refractivity contribution in [1.29, 1.82) is 0 Å². The zero-order chi connectivity index (χ0) is 16.7. The SMILES string of the molecule is COc1cc2c(c(OC)c1C(C)C)Cc1ccc(C(C)C)cc1-2. The number of hydrogen-bond donors (Lipinski definition) is 0. The van der Waals surface area contributed by atoms with Gasteiger partial charge in [0.2, 0.25) is 0 Å². The van der Waals surface area contributed by atoms with Gasteiger partial charge in [-0.2, -0.15) is 0 Å². The lowest BCUT2D eigenvalue weighted by molar-refractivity contribution is 0.380. The van der Waals surface area contributed by atoms with Gasteiger partial charge >= 0.3 is 0 Å². The lowest BCUT2D eigenvalue weighted by atomic mass is 9.93. The molecule has 0 unspecified atom stereocenters. The molecule has 2 heteroatoms. The fourth-order valence-electron chi connectivity index (χ4n) is 3.61. The molecule has 2 aromatic carbocycles. The van der Waals surface area contributed by atoms with Crippen molar-refractivity contribution in [3.63, 3.8) is 0 Å². The first kappa shape index (κ1) is 15.9. The molecule has 0 aromatic heterocycles. The maximum Gasteiger partial charge on any atom is 0.130 e. The van der Waals surface area contributed by atoms with Crippen molar-refractivity contribution >= 4 is 0 Å². The van der Waals surface area contributed by atoms with Crippen LogP contribution in [0, 0.1) is 0 Å². The van der Waals surface area contributed by atoms with Crippen LogP contribution in [0.25, 0.3) is 11.1 Å². The third kappa shape index (κ3) is 2.50. The van der Waals surface area contributed by atoms with Gasteiger partial charge in [-0.25, -0.2) is 0 Å². The van der Waals surface area contributed by atoms with Crippen LogP contribution in [0.3, 0.4) is 0 Å². The van der Waals surface area contributed by atoms with Gasteiger partial charge in [0.25, 0.3) is 0 Å². The molecule has 2 aromatic rings. The van der Waals surface area contributed by atoms with Gasteiger partial charge in [-0.05, 0) is 40.2 Å². The third-order valence-corrected chi connectivity index (χ3v) is 4.84. The quantitative estimate of drug-likeness (QED) is 0.631. The van der Waals surface area contributed by atoms with Crippen molar-refractivity contribution in [1.82, 2.24) is 0 Å². The summed E-state index contributed by atoms with van der Waals surface area (Å²) in [5, 5.41) is 0. The molecular formula is C21H26O2. The van der Waals surface area contributed by atoms with Gasteiger partial charge in [-0.15, -0.1) is 0 Å². The number of rotatable bonds is 4. The minimum Gasteiger partial charge on any atom is -0.496 e. The number of methoxy groups -OCH3 is 2. The maximum atomic E-state index is 5.82. The minimum absolute atomic E-state index is 0.361. The van der Waals surface area contributed by atoms with E-state index < -0.39 is 0 Å². The van der Waals surface area contributed by atoms with E-state index >= 15 is 0 Å². The molecule has 0 aliphatic heterocycles. The Labute approximate surface area is 139 Å². The highest BCUT2D eigenvalue weighted by Gasteiger charge is 2.28. The van der Waals surface area contributed by atoms with Crippen LogP contribution < -0.4 is 9.47 Å². The summed E-state index contributed by atoms with van der Waals surface area (Å²) in [5.74, 6) is 2.82. The lowest BCUT2D eigenvalue weighted by Gasteiger charge is -2.20.